The average Bonchev–Trinajstić information content (AvgIpc) is 2.37. The lowest BCUT2D eigenvalue weighted by Crippen LogP contribution is -2.52. The Morgan fingerprint density at radius 3 is 2.84 bits per heavy atom. The van der Waals surface area contributed by atoms with Crippen molar-refractivity contribution < 1.29 is 4.79 Å². The summed E-state index contributed by atoms with van der Waals surface area (Å²) in [6, 6.07) is 0.434. The standard InChI is InChI=1S/C16H30N2O/c1-4-12-7-9-17-14(10-12)15(19)18-13-6-5-8-16(2,3)11-13/h12-14,17H,4-11H2,1-3H3,(H,18,19). The fraction of sp³-hybridized carbons (Fsp3) is 0.938. The van der Waals surface area contributed by atoms with E-state index < -0.39 is 0 Å². The minimum Gasteiger partial charge on any atom is -0.352 e. The monoisotopic (exact) mass is 266 g/mol. The lowest BCUT2D eigenvalue weighted by molar-refractivity contribution is -0.125. The number of carbonyl (C=O) groups excluding carboxylic acids is 1. The maximum Gasteiger partial charge on any atom is 0.237 e. The Hall–Kier alpha value is -0.570. The molecule has 3 unspecified atom stereocenters. The van der Waals surface area contributed by atoms with Crippen molar-refractivity contribution in [2.45, 2.75) is 77.8 Å². The fourth-order valence-corrected chi connectivity index (χ4v) is 3.69. The number of piperidine rings is 1. The first kappa shape index (κ1) is 14.8. The molecule has 2 rings (SSSR count). The van der Waals surface area contributed by atoms with E-state index in [2.05, 4.69) is 31.4 Å². The van der Waals surface area contributed by atoms with Gasteiger partial charge in [-0.25, -0.2) is 0 Å². The zero-order valence-electron chi connectivity index (χ0n) is 12.8. The van der Waals surface area contributed by atoms with E-state index in [1.54, 1.807) is 0 Å². The van der Waals surface area contributed by atoms with Crippen molar-refractivity contribution in [2.24, 2.45) is 11.3 Å². The molecule has 2 fully saturated rings. The normalized spacial score (nSPS) is 34.8. The summed E-state index contributed by atoms with van der Waals surface area (Å²) in [7, 11) is 0. The third kappa shape index (κ3) is 4.20. The molecule has 2 aliphatic rings. The van der Waals surface area contributed by atoms with Gasteiger partial charge in [-0.2, -0.15) is 0 Å². The molecule has 1 aliphatic heterocycles. The van der Waals surface area contributed by atoms with Crippen molar-refractivity contribution >= 4 is 5.91 Å². The van der Waals surface area contributed by atoms with Crippen LogP contribution in [0.4, 0.5) is 0 Å². The molecule has 0 aromatic carbocycles. The van der Waals surface area contributed by atoms with Gasteiger partial charge in [0.2, 0.25) is 5.91 Å². The first-order valence-electron chi connectivity index (χ1n) is 8.04. The van der Waals surface area contributed by atoms with Gasteiger partial charge in [0.1, 0.15) is 0 Å². The highest BCUT2D eigenvalue weighted by Gasteiger charge is 2.31. The van der Waals surface area contributed by atoms with E-state index >= 15 is 0 Å². The van der Waals surface area contributed by atoms with Crippen molar-refractivity contribution in [3.63, 3.8) is 0 Å². The van der Waals surface area contributed by atoms with E-state index in [0.29, 0.717) is 11.5 Å². The summed E-state index contributed by atoms with van der Waals surface area (Å²) in [4.78, 5) is 12.4. The minimum atomic E-state index is 0.0451. The number of nitrogens with one attached hydrogen (secondary N) is 2. The zero-order chi connectivity index (χ0) is 13.9. The first-order chi connectivity index (χ1) is 9.00. The Bertz CT molecular complexity index is 314. The largest absolute Gasteiger partial charge is 0.352 e. The average molecular weight is 266 g/mol. The molecule has 0 spiro atoms. The van der Waals surface area contributed by atoms with Gasteiger partial charge in [0, 0.05) is 6.04 Å². The van der Waals surface area contributed by atoms with Crippen LogP contribution in [0.5, 0.6) is 0 Å². The van der Waals surface area contributed by atoms with Gasteiger partial charge < -0.3 is 10.6 Å². The molecule has 1 amide bonds. The highest BCUT2D eigenvalue weighted by Crippen LogP contribution is 2.35. The second-order valence-electron chi connectivity index (χ2n) is 7.27. The Morgan fingerprint density at radius 1 is 1.37 bits per heavy atom. The van der Waals surface area contributed by atoms with Gasteiger partial charge in [-0.1, -0.05) is 33.6 Å². The van der Waals surface area contributed by atoms with Crippen LogP contribution in [0.2, 0.25) is 0 Å². The van der Waals surface area contributed by atoms with E-state index in [-0.39, 0.29) is 11.9 Å². The van der Waals surface area contributed by atoms with Gasteiger partial charge in [0.15, 0.2) is 0 Å². The van der Waals surface area contributed by atoms with Crippen LogP contribution in [-0.2, 0) is 4.79 Å². The highest BCUT2D eigenvalue weighted by atomic mass is 16.2. The molecule has 3 nitrogen and oxygen atoms in total. The summed E-state index contributed by atoms with van der Waals surface area (Å²) in [5, 5.41) is 6.67. The van der Waals surface area contributed by atoms with Crippen molar-refractivity contribution in [1.29, 1.82) is 0 Å². The minimum absolute atomic E-state index is 0.0451. The van der Waals surface area contributed by atoms with Crippen LogP contribution in [0.3, 0.4) is 0 Å². The Kier molecular flexibility index (Phi) is 4.88. The van der Waals surface area contributed by atoms with Crippen LogP contribution >= 0.6 is 0 Å². The Balaban J connectivity index is 1.83. The van der Waals surface area contributed by atoms with Crippen LogP contribution in [-0.4, -0.2) is 24.5 Å². The second kappa shape index (κ2) is 6.25. The molecular formula is C16H30N2O. The number of carbonyl (C=O) groups is 1. The van der Waals surface area contributed by atoms with Crippen molar-refractivity contribution in [1.82, 2.24) is 10.6 Å². The van der Waals surface area contributed by atoms with Crippen molar-refractivity contribution in [3.05, 3.63) is 0 Å². The number of amides is 1. The third-order valence-electron chi connectivity index (χ3n) is 4.96. The third-order valence-corrected chi connectivity index (χ3v) is 4.96. The molecule has 1 aliphatic carbocycles. The molecule has 0 radical (unpaired) electrons. The van der Waals surface area contributed by atoms with Gasteiger partial charge in [0.05, 0.1) is 6.04 Å². The smallest absolute Gasteiger partial charge is 0.237 e. The van der Waals surface area contributed by atoms with Gasteiger partial charge in [-0.05, 0) is 50.0 Å². The fourth-order valence-electron chi connectivity index (χ4n) is 3.69. The van der Waals surface area contributed by atoms with Gasteiger partial charge >= 0.3 is 0 Å². The lowest BCUT2D eigenvalue weighted by Gasteiger charge is -2.37. The van der Waals surface area contributed by atoms with E-state index in [0.717, 1.165) is 31.7 Å². The molecule has 0 aromatic rings. The van der Waals surface area contributed by atoms with E-state index in [1.807, 2.05) is 0 Å². The second-order valence-corrected chi connectivity index (χ2v) is 7.27. The molecule has 1 heterocycles. The topological polar surface area (TPSA) is 41.1 Å². The highest BCUT2D eigenvalue weighted by molar-refractivity contribution is 5.82. The van der Waals surface area contributed by atoms with Crippen LogP contribution < -0.4 is 10.6 Å². The van der Waals surface area contributed by atoms with Gasteiger partial charge in [-0.15, -0.1) is 0 Å². The molecule has 3 atom stereocenters. The molecule has 3 heteroatoms. The first-order valence-corrected chi connectivity index (χ1v) is 8.04. The molecule has 1 saturated heterocycles. The van der Waals surface area contributed by atoms with Crippen LogP contribution in [0, 0.1) is 11.3 Å². The zero-order valence-corrected chi connectivity index (χ0v) is 12.8. The summed E-state index contributed by atoms with van der Waals surface area (Å²) in [6.45, 7) is 7.86. The summed E-state index contributed by atoms with van der Waals surface area (Å²) >= 11 is 0. The predicted molar refractivity (Wildman–Crippen MR) is 79.0 cm³/mol. The van der Waals surface area contributed by atoms with Crippen molar-refractivity contribution in [3.8, 4) is 0 Å². The van der Waals surface area contributed by atoms with Gasteiger partial charge in [0.25, 0.3) is 0 Å². The van der Waals surface area contributed by atoms with Crippen LogP contribution in [0.1, 0.15) is 65.7 Å². The van der Waals surface area contributed by atoms with Crippen LogP contribution in [0.25, 0.3) is 0 Å². The number of hydrogen-bond donors (Lipinski definition) is 2. The molecule has 0 bridgehead atoms. The number of rotatable bonds is 3. The summed E-state index contributed by atoms with van der Waals surface area (Å²) in [5.41, 5.74) is 0.391. The molecule has 110 valence electrons. The molecule has 0 aromatic heterocycles. The molecule has 19 heavy (non-hydrogen) atoms. The van der Waals surface area contributed by atoms with Crippen molar-refractivity contribution in [2.75, 3.05) is 6.54 Å². The summed E-state index contributed by atoms with van der Waals surface area (Å²) < 4.78 is 0. The van der Waals surface area contributed by atoms with Gasteiger partial charge in [-0.3, -0.25) is 4.79 Å². The molecular weight excluding hydrogens is 236 g/mol. The maximum atomic E-state index is 12.4. The molecule has 1 saturated carbocycles. The summed E-state index contributed by atoms with van der Waals surface area (Å²) in [5.74, 6) is 0.959. The van der Waals surface area contributed by atoms with E-state index in [9.17, 15) is 4.79 Å². The maximum absolute atomic E-state index is 12.4. The van der Waals surface area contributed by atoms with E-state index in [4.69, 9.17) is 0 Å². The summed E-state index contributed by atoms with van der Waals surface area (Å²) in [6.07, 6.45) is 8.24. The van der Waals surface area contributed by atoms with Crippen LogP contribution in [0.15, 0.2) is 0 Å². The van der Waals surface area contributed by atoms with E-state index in [1.165, 1.54) is 25.7 Å². The lowest BCUT2D eigenvalue weighted by atomic mass is 9.75. The number of hydrogen-bond acceptors (Lipinski definition) is 2. The quantitative estimate of drug-likeness (QED) is 0.824. The Morgan fingerprint density at radius 2 is 2.16 bits per heavy atom. The predicted octanol–water partition coefficient (Wildman–Crippen LogP) is 2.85. The molecule has 2 N–H and O–H groups in total. The SMILES string of the molecule is CCC1CCNC(C(=O)NC2CCCC(C)(C)C2)C1. The Labute approximate surface area is 117 Å².